The molecule has 0 fully saturated rings. The number of nitrogens with zero attached hydrogens (tertiary/aromatic N) is 5. The van der Waals surface area contributed by atoms with E-state index in [2.05, 4.69) is 20.4 Å². The lowest BCUT2D eigenvalue weighted by Gasteiger charge is -2.20. The number of nitrogens with one attached hydrogen (secondary N) is 1. The van der Waals surface area contributed by atoms with Gasteiger partial charge in [-0.15, -0.1) is 5.10 Å². The van der Waals surface area contributed by atoms with Crippen LogP contribution < -0.4 is 5.32 Å². The van der Waals surface area contributed by atoms with E-state index < -0.39 is 23.8 Å². The van der Waals surface area contributed by atoms with Crippen molar-refractivity contribution in [2.45, 2.75) is 19.9 Å². The van der Waals surface area contributed by atoms with E-state index in [0.717, 1.165) is 10.6 Å². The van der Waals surface area contributed by atoms with Crippen LogP contribution in [0.3, 0.4) is 0 Å². The number of aromatic nitrogens is 4. The van der Waals surface area contributed by atoms with Gasteiger partial charge in [-0.05, 0) is 32.0 Å². The van der Waals surface area contributed by atoms with Gasteiger partial charge < -0.3 is 0 Å². The lowest BCUT2D eigenvalue weighted by atomic mass is 10.1. The van der Waals surface area contributed by atoms with Crippen LogP contribution in [-0.4, -0.2) is 48.2 Å². The van der Waals surface area contributed by atoms with Gasteiger partial charge in [0.15, 0.2) is 0 Å². The summed E-state index contributed by atoms with van der Waals surface area (Å²) in [4.78, 5) is 46.6. The largest absolute Gasteiger partial charge is 0.291 e. The summed E-state index contributed by atoms with van der Waals surface area (Å²) in [5.41, 5.74) is 1.39. The van der Waals surface area contributed by atoms with E-state index in [0.29, 0.717) is 16.9 Å². The van der Waals surface area contributed by atoms with E-state index in [1.54, 1.807) is 36.5 Å². The molecule has 3 amide bonds. The van der Waals surface area contributed by atoms with Gasteiger partial charge >= 0.3 is 0 Å². The number of carbonyl (C=O) groups excluding carboxylic acids is 3. The standard InChI is InChI=1S/C17H14N6O3/c1-9-7-8-18-17-20-16(21-23(9)17)19-13(24)10(2)22-14(25)11-5-3-4-6-12(11)15(22)26/h3-8,10H,1-2H3,(H,19,21,24)/t10-/m1/s1. The van der Waals surface area contributed by atoms with Gasteiger partial charge in [0.05, 0.1) is 11.1 Å². The summed E-state index contributed by atoms with van der Waals surface area (Å²) < 4.78 is 1.49. The smallest absolute Gasteiger partial charge is 0.262 e. The molecule has 1 aliphatic rings. The Morgan fingerprint density at radius 3 is 2.38 bits per heavy atom. The molecule has 26 heavy (non-hydrogen) atoms. The van der Waals surface area contributed by atoms with E-state index in [4.69, 9.17) is 0 Å². The number of fused-ring (bicyclic) bond motifs is 2. The van der Waals surface area contributed by atoms with Gasteiger partial charge in [-0.2, -0.15) is 9.50 Å². The Morgan fingerprint density at radius 2 is 1.77 bits per heavy atom. The summed E-state index contributed by atoms with van der Waals surface area (Å²) >= 11 is 0. The van der Waals surface area contributed by atoms with E-state index >= 15 is 0 Å². The van der Waals surface area contributed by atoms with Gasteiger partial charge in [0.2, 0.25) is 5.91 Å². The maximum atomic E-state index is 12.5. The molecule has 130 valence electrons. The molecule has 9 nitrogen and oxygen atoms in total. The number of hydrogen-bond donors (Lipinski definition) is 1. The van der Waals surface area contributed by atoms with Gasteiger partial charge in [0.25, 0.3) is 23.5 Å². The maximum absolute atomic E-state index is 12.5. The third kappa shape index (κ3) is 2.32. The Labute approximate surface area is 147 Å². The van der Waals surface area contributed by atoms with Gasteiger partial charge in [-0.25, -0.2) is 4.98 Å². The Kier molecular flexibility index (Phi) is 3.50. The Hall–Kier alpha value is -3.62. The molecule has 9 heteroatoms. The predicted molar refractivity (Wildman–Crippen MR) is 90.6 cm³/mol. The molecule has 0 saturated carbocycles. The van der Waals surface area contributed by atoms with Crippen molar-refractivity contribution in [3.8, 4) is 0 Å². The molecule has 0 saturated heterocycles. The van der Waals surface area contributed by atoms with Crippen LogP contribution in [0.2, 0.25) is 0 Å². The van der Waals surface area contributed by atoms with Crippen LogP contribution in [-0.2, 0) is 4.79 Å². The summed E-state index contributed by atoms with van der Waals surface area (Å²) in [6, 6.07) is 7.23. The van der Waals surface area contributed by atoms with Crippen LogP contribution >= 0.6 is 0 Å². The zero-order valence-corrected chi connectivity index (χ0v) is 14.0. The Balaban J connectivity index is 1.57. The fourth-order valence-corrected chi connectivity index (χ4v) is 2.85. The summed E-state index contributed by atoms with van der Waals surface area (Å²) in [6.45, 7) is 3.31. The highest BCUT2D eigenvalue weighted by Gasteiger charge is 2.40. The first-order valence-electron chi connectivity index (χ1n) is 7.93. The van der Waals surface area contributed by atoms with Crippen molar-refractivity contribution >= 4 is 29.4 Å². The predicted octanol–water partition coefficient (Wildman–Crippen LogP) is 1.06. The fraction of sp³-hybridized carbons (Fsp3) is 0.176. The number of hydrogen-bond acceptors (Lipinski definition) is 6. The first-order valence-corrected chi connectivity index (χ1v) is 7.93. The molecule has 1 atom stereocenters. The number of rotatable bonds is 3. The molecule has 4 rings (SSSR count). The highest BCUT2D eigenvalue weighted by Crippen LogP contribution is 2.24. The Morgan fingerprint density at radius 1 is 1.12 bits per heavy atom. The van der Waals surface area contributed by atoms with Crippen molar-refractivity contribution in [1.82, 2.24) is 24.5 Å². The number of aryl methyl sites for hydroxylation is 1. The quantitative estimate of drug-likeness (QED) is 0.707. The SMILES string of the molecule is Cc1ccnc2nc(NC(=O)[C@@H](C)N3C(=O)c4ccccc4C3=O)nn12. The monoisotopic (exact) mass is 350 g/mol. The third-order valence-corrected chi connectivity index (χ3v) is 4.26. The molecule has 1 aliphatic heterocycles. The minimum absolute atomic E-state index is 0.0558. The second kappa shape index (κ2) is 5.73. The first kappa shape index (κ1) is 15.9. The molecule has 3 aromatic rings. The van der Waals surface area contributed by atoms with Crippen LogP contribution in [0.4, 0.5) is 5.95 Å². The van der Waals surface area contributed by atoms with Crippen LogP contribution in [0.25, 0.3) is 5.78 Å². The number of anilines is 1. The fourth-order valence-electron chi connectivity index (χ4n) is 2.85. The van der Waals surface area contributed by atoms with E-state index in [9.17, 15) is 14.4 Å². The van der Waals surface area contributed by atoms with Crippen LogP contribution in [0.1, 0.15) is 33.3 Å². The molecule has 0 aliphatic carbocycles. The molecule has 3 heterocycles. The molecule has 0 unspecified atom stereocenters. The van der Waals surface area contributed by atoms with Crippen molar-refractivity contribution in [2.75, 3.05) is 5.32 Å². The zero-order valence-electron chi connectivity index (χ0n) is 14.0. The second-order valence-corrected chi connectivity index (χ2v) is 5.92. The number of benzene rings is 1. The van der Waals surface area contributed by atoms with Crippen molar-refractivity contribution < 1.29 is 14.4 Å². The second-order valence-electron chi connectivity index (χ2n) is 5.92. The van der Waals surface area contributed by atoms with Crippen LogP contribution in [0, 0.1) is 6.92 Å². The molecule has 2 aromatic heterocycles. The van der Waals surface area contributed by atoms with Gasteiger partial charge in [-0.3, -0.25) is 24.6 Å². The van der Waals surface area contributed by atoms with E-state index in [1.165, 1.54) is 11.4 Å². The third-order valence-electron chi connectivity index (χ3n) is 4.26. The molecule has 1 N–H and O–H groups in total. The van der Waals surface area contributed by atoms with Crippen LogP contribution in [0.15, 0.2) is 36.5 Å². The molecule has 0 radical (unpaired) electrons. The minimum atomic E-state index is -1.01. The zero-order chi connectivity index (χ0) is 18.4. The summed E-state index contributed by atoms with van der Waals surface area (Å²) in [5.74, 6) is -1.15. The average molecular weight is 350 g/mol. The first-order chi connectivity index (χ1) is 12.5. The normalized spacial score (nSPS) is 14.6. The van der Waals surface area contributed by atoms with Gasteiger partial charge in [0.1, 0.15) is 6.04 Å². The van der Waals surface area contributed by atoms with Crippen molar-refractivity contribution in [3.05, 3.63) is 53.3 Å². The topological polar surface area (TPSA) is 110 Å². The van der Waals surface area contributed by atoms with Crippen molar-refractivity contribution in [3.63, 3.8) is 0 Å². The molecule has 1 aromatic carbocycles. The van der Waals surface area contributed by atoms with E-state index in [1.807, 2.05) is 6.92 Å². The number of imide groups is 1. The molecule has 0 bridgehead atoms. The van der Waals surface area contributed by atoms with Gasteiger partial charge in [-0.1, -0.05) is 12.1 Å². The average Bonchev–Trinajstić information content (AvgIpc) is 3.15. The lowest BCUT2D eigenvalue weighted by molar-refractivity contribution is -0.119. The summed E-state index contributed by atoms with van der Waals surface area (Å²) in [5, 5.41) is 6.70. The molecule has 0 spiro atoms. The highest BCUT2D eigenvalue weighted by molar-refractivity contribution is 6.23. The minimum Gasteiger partial charge on any atom is -0.291 e. The molecular weight excluding hydrogens is 336 g/mol. The molecular formula is C17H14N6O3. The van der Waals surface area contributed by atoms with E-state index in [-0.39, 0.29) is 5.95 Å². The number of amides is 3. The summed E-state index contributed by atoms with van der Waals surface area (Å²) in [6.07, 6.45) is 1.59. The summed E-state index contributed by atoms with van der Waals surface area (Å²) in [7, 11) is 0. The van der Waals surface area contributed by atoms with Crippen molar-refractivity contribution in [2.24, 2.45) is 0 Å². The Bertz CT molecular complexity index is 1040. The van der Waals surface area contributed by atoms with Crippen LogP contribution in [0.5, 0.6) is 0 Å². The number of carbonyl (C=O) groups is 3. The lowest BCUT2D eigenvalue weighted by Crippen LogP contribution is -2.45. The highest BCUT2D eigenvalue weighted by atomic mass is 16.2. The maximum Gasteiger partial charge on any atom is 0.262 e. The van der Waals surface area contributed by atoms with Crippen molar-refractivity contribution in [1.29, 1.82) is 0 Å². The van der Waals surface area contributed by atoms with Gasteiger partial charge in [0, 0.05) is 11.9 Å².